The Morgan fingerprint density at radius 2 is 2.06 bits per heavy atom. The van der Waals surface area contributed by atoms with Gasteiger partial charge in [0.1, 0.15) is 18.3 Å². The molecule has 4 nitrogen and oxygen atoms in total. The number of ether oxygens (including phenoxy) is 1. The standard InChI is InChI=1S/C12H15NO3/c14-10-8-16-11(12(10)15)7-13-6-9-4-2-1-3-5-9/h1-5,7,10-12,14-15H,6,8H2/b13-7+/t10-,11+,12-/m1/s1. The van der Waals surface area contributed by atoms with E-state index >= 15 is 0 Å². The van der Waals surface area contributed by atoms with Gasteiger partial charge in [0, 0.05) is 6.21 Å². The summed E-state index contributed by atoms with van der Waals surface area (Å²) in [4.78, 5) is 4.19. The molecule has 86 valence electrons. The fraction of sp³-hybridized carbons (Fsp3) is 0.417. The van der Waals surface area contributed by atoms with E-state index in [9.17, 15) is 10.2 Å². The Balaban J connectivity index is 1.86. The summed E-state index contributed by atoms with van der Waals surface area (Å²) >= 11 is 0. The van der Waals surface area contributed by atoms with E-state index in [0.29, 0.717) is 6.54 Å². The summed E-state index contributed by atoms with van der Waals surface area (Å²) in [6.45, 7) is 0.729. The van der Waals surface area contributed by atoms with Crippen LogP contribution in [0.15, 0.2) is 35.3 Å². The van der Waals surface area contributed by atoms with Crippen LogP contribution in [0, 0.1) is 0 Å². The van der Waals surface area contributed by atoms with Crippen molar-refractivity contribution >= 4 is 6.21 Å². The molecule has 4 heteroatoms. The molecule has 0 unspecified atom stereocenters. The first-order valence-electron chi connectivity index (χ1n) is 5.29. The van der Waals surface area contributed by atoms with Gasteiger partial charge in [-0.15, -0.1) is 0 Å². The first-order chi connectivity index (χ1) is 7.77. The van der Waals surface area contributed by atoms with E-state index in [0.717, 1.165) is 5.56 Å². The van der Waals surface area contributed by atoms with Gasteiger partial charge < -0.3 is 14.9 Å². The van der Waals surface area contributed by atoms with E-state index in [2.05, 4.69) is 4.99 Å². The molecule has 1 heterocycles. The molecule has 16 heavy (non-hydrogen) atoms. The van der Waals surface area contributed by atoms with Gasteiger partial charge in [-0.1, -0.05) is 30.3 Å². The van der Waals surface area contributed by atoms with E-state index in [1.807, 2.05) is 30.3 Å². The number of rotatable bonds is 3. The van der Waals surface area contributed by atoms with E-state index in [-0.39, 0.29) is 6.61 Å². The molecule has 2 N–H and O–H groups in total. The predicted molar refractivity (Wildman–Crippen MR) is 60.4 cm³/mol. The summed E-state index contributed by atoms with van der Waals surface area (Å²) < 4.78 is 5.17. The van der Waals surface area contributed by atoms with Gasteiger partial charge >= 0.3 is 0 Å². The summed E-state index contributed by atoms with van der Waals surface area (Å²) in [5.41, 5.74) is 1.10. The van der Waals surface area contributed by atoms with Gasteiger partial charge in [0.25, 0.3) is 0 Å². The van der Waals surface area contributed by atoms with Crippen molar-refractivity contribution in [3.63, 3.8) is 0 Å². The molecule has 0 radical (unpaired) electrons. The number of benzene rings is 1. The smallest absolute Gasteiger partial charge is 0.121 e. The maximum atomic E-state index is 9.49. The van der Waals surface area contributed by atoms with Crippen molar-refractivity contribution in [2.24, 2.45) is 4.99 Å². The molecule has 0 amide bonds. The van der Waals surface area contributed by atoms with Crippen molar-refractivity contribution in [2.75, 3.05) is 6.61 Å². The first-order valence-corrected chi connectivity index (χ1v) is 5.29. The van der Waals surface area contributed by atoms with Crippen LogP contribution in [0.25, 0.3) is 0 Å². The molecule has 1 aliphatic rings. The molecule has 1 aromatic rings. The number of nitrogens with zero attached hydrogens (tertiary/aromatic N) is 1. The molecular weight excluding hydrogens is 206 g/mol. The summed E-state index contributed by atoms with van der Waals surface area (Å²) in [6, 6.07) is 9.83. The number of aliphatic imine (C=N–C) groups is 1. The molecule has 0 aromatic heterocycles. The van der Waals surface area contributed by atoms with Crippen molar-refractivity contribution < 1.29 is 14.9 Å². The molecule has 2 rings (SSSR count). The lowest BCUT2D eigenvalue weighted by atomic mass is 10.2. The van der Waals surface area contributed by atoms with Crippen molar-refractivity contribution in [1.29, 1.82) is 0 Å². The predicted octanol–water partition coefficient (Wildman–Crippen LogP) is 0.378. The highest BCUT2D eigenvalue weighted by Gasteiger charge is 2.33. The van der Waals surface area contributed by atoms with E-state index in [1.165, 1.54) is 0 Å². The fourth-order valence-corrected chi connectivity index (χ4v) is 1.60. The van der Waals surface area contributed by atoms with Crippen molar-refractivity contribution in [1.82, 2.24) is 0 Å². The third-order valence-corrected chi connectivity index (χ3v) is 2.56. The molecule has 1 saturated heterocycles. The normalized spacial score (nSPS) is 30.0. The third kappa shape index (κ3) is 2.66. The number of aliphatic hydroxyl groups excluding tert-OH is 2. The Kier molecular flexibility index (Phi) is 3.66. The van der Waals surface area contributed by atoms with Gasteiger partial charge in [0.2, 0.25) is 0 Å². The Morgan fingerprint density at radius 1 is 1.31 bits per heavy atom. The molecule has 0 bridgehead atoms. The maximum absolute atomic E-state index is 9.49. The molecule has 1 aromatic carbocycles. The highest BCUT2D eigenvalue weighted by atomic mass is 16.5. The number of hydrogen-bond acceptors (Lipinski definition) is 4. The van der Waals surface area contributed by atoms with Crippen LogP contribution in [0.3, 0.4) is 0 Å². The zero-order valence-corrected chi connectivity index (χ0v) is 8.86. The first kappa shape index (κ1) is 11.3. The van der Waals surface area contributed by atoms with Crippen LogP contribution in [0.4, 0.5) is 0 Å². The zero-order valence-electron chi connectivity index (χ0n) is 8.86. The van der Waals surface area contributed by atoms with Gasteiger partial charge in [0.15, 0.2) is 0 Å². The second-order valence-corrected chi connectivity index (χ2v) is 3.83. The highest BCUT2D eigenvalue weighted by Crippen LogP contribution is 2.12. The Bertz CT molecular complexity index is 353. The van der Waals surface area contributed by atoms with Crippen molar-refractivity contribution in [2.45, 2.75) is 24.9 Å². The topological polar surface area (TPSA) is 62.0 Å². The Labute approximate surface area is 94.2 Å². The summed E-state index contributed by atoms with van der Waals surface area (Å²) in [7, 11) is 0. The van der Waals surface area contributed by atoms with Crippen LogP contribution in [0.2, 0.25) is 0 Å². The van der Waals surface area contributed by atoms with Crippen molar-refractivity contribution in [3.8, 4) is 0 Å². The number of hydrogen-bond donors (Lipinski definition) is 2. The third-order valence-electron chi connectivity index (χ3n) is 2.56. The second kappa shape index (κ2) is 5.21. The lowest BCUT2D eigenvalue weighted by Crippen LogP contribution is -2.30. The number of aliphatic hydroxyl groups is 2. The quantitative estimate of drug-likeness (QED) is 0.725. The van der Waals surface area contributed by atoms with Gasteiger partial charge in [-0.3, -0.25) is 4.99 Å². The van der Waals surface area contributed by atoms with Crippen LogP contribution in [-0.4, -0.2) is 41.3 Å². The fourth-order valence-electron chi connectivity index (χ4n) is 1.60. The minimum atomic E-state index is -0.862. The minimum Gasteiger partial charge on any atom is -0.388 e. The van der Waals surface area contributed by atoms with E-state index in [4.69, 9.17) is 4.74 Å². The second-order valence-electron chi connectivity index (χ2n) is 3.83. The summed E-state index contributed by atoms with van der Waals surface area (Å²) in [5.74, 6) is 0. The Morgan fingerprint density at radius 3 is 2.69 bits per heavy atom. The molecule has 0 aliphatic carbocycles. The Hall–Kier alpha value is -1.23. The molecule has 3 atom stereocenters. The molecule has 1 fully saturated rings. The van der Waals surface area contributed by atoms with Gasteiger partial charge in [-0.2, -0.15) is 0 Å². The summed E-state index contributed by atoms with van der Waals surface area (Å²) in [6.07, 6.45) is -0.583. The largest absolute Gasteiger partial charge is 0.388 e. The molecule has 0 spiro atoms. The van der Waals surface area contributed by atoms with Gasteiger partial charge in [-0.05, 0) is 5.56 Å². The zero-order chi connectivity index (χ0) is 11.4. The van der Waals surface area contributed by atoms with E-state index < -0.39 is 18.3 Å². The summed E-state index contributed by atoms with van der Waals surface area (Å²) in [5, 5.41) is 18.7. The lowest BCUT2D eigenvalue weighted by Gasteiger charge is -2.09. The lowest BCUT2D eigenvalue weighted by molar-refractivity contribution is 0.0482. The monoisotopic (exact) mass is 221 g/mol. The molecule has 1 aliphatic heterocycles. The average molecular weight is 221 g/mol. The van der Waals surface area contributed by atoms with Crippen LogP contribution >= 0.6 is 0 Å². The molecule has 0 saturated carbocycles. The highest BCUT2D eigenvalue weighted by molar-refractivity contribution is 5.64. The average Bonchev–Trinajstić information content (AvgIpc) is 2.62. The minimum absolute atomic E-state index is 0.170. The maximum Gasteiger partial charge on any atom is 0.121 e. The van der Waals surface area contributed by atoms with Crippen LogP contribution < -0.4 is 0 Å². The van der Waals surface area contributed by atoms with Gasteiger partial charge in [-0.25, -0.2) is 0 Å². The van der Waals surface area contributed by atoms with Crippen LogP contribution in [0.1, 0.15) is 5.56 Å². The SMILES string of the molecule is O[C@@H]1[C@H](O)CO[C@H]1/C=N/Cc1ccccc1. The van der Waals surface area contributed by atoms with Gasteiger partial charge in [0.05, 0.1) is 13.2 Å². The van der Waals surface area contributed by atoms with Crippen LogP contribution in [0.5, 0.6) is 0 Å². The molecular formula is C12H15NO3. The van der Waals surface area contributed by atoms with Crippen LogP contribution in [-0.2, 0) is 11.3 Å². The van der Waals surface area contributed by atoms with Crippen molar-refractivity contribution in [3.05, 3.63) is 35.9 Å². The van der Waals surface area contributed by atoms with E-state index in [1.54, 1.807) is 6.21 Å².